The van der Waals surface area contributed by atoms with E-state index in [1.165, 1.54) is 0 Å². The van der Waals surface area contributed by atoms with Crippen LogP contribution in [0.25, 0.3) is 0 Å². The molecule has 0 aromatic carbocycles. The molecule has 1 amide bonds. The summed E-state index contributed by atoms with van der Waals surface area (Å²) in [6, 6.07) is 0. The zero-order chi connectivity index (χ0) is 13.9. The predicted octanol–water partition coefficient (Wildman–Crippen LogP) is 2.39. The Morgan fingerprint density at radius 2 is 2.22 bits per heavy atom. The summed E-state index contributed by atoms with van der Waals surface area (Å²) in [7, 11) is 0. The minimum atomic E-state index is -0.817. The Morgan fingerprint density at radius 1 is 1.61 bits per heavy atom. The van der Waals surface area contributed by atoms with Crippen LogP contribution in [0.15, 0.2) is 6.20 Å². The average molecular weight is 272 g/mol. The summed E-state index contributed by atoms with van der Waals surface area (Å²) in [5.41, 5.74) is -1.10. The van der Waals surface area contributed by atoms with Gasteiger partial charge in [0.2, 0.25) is 0 Å². The van der Waals surface area contributed by atoms with Gasteiger partial charge in [0.25, 0.3) is 0 Å². The number of ether oxygens (including phenoxy) is 1. The van der Waals surface area contributed by atoms with Gasteiger partial charge in [-0.3, -0.25) is 15.4 Å². The number of H-pyrrole nitrogens is 1. The number of aromatic amines is 1. The number of carbonyl (C=O) groups excluding carboxylic acids is 1. The van der Waals surface area contributed by atoms with E-state index in [4.69, 9.17) is 17.0 Å². The fraction of sp³-hybridized carbons (Fsp3) is 0.444. The molecule has 0 aliphatic carbocycles. The van der Waals surface area contributed by atoms with Gasteiger partial charge >= 0.3 is 11.8 Å². The van der Waals surface area contributed by atoms with Gasteiger partial charge in [0, 0.05) is 0 Å². The van der Waals surface area contributed by atoms with Crippen molar-refractivity contribution in [2.24, 2.45) is 0 Å². The first kappa shape index (κ1) is 14.0. The van der Waals surface area contributed by atoms with Gasteiger partial charge < -0.3 is 9.72 Å². The Bertz CT molecular complexity index is 534. The van der Waals surface area contributed by atoms with E-state index in [1.807, 2.05) is 0 Å². The molecule has 1 rings (SSSR count). The van der Waals surface area contributed by atoms with Crippen LogP contribution < -0.4 is 5.32 Å². The molecule has 1 aromatic rings. The second-order valence-corrected chi connectivity index (χ2v) is 4.72. The molecular weight excluding hydrogens is 260 g/mol. The molecule has 0 radical (unpaired) electrons. The van der Waals surface area contributed by atoms with Crippen LogP contribution in [0.2, 0.25) is 0 Å². The average Bonchev–Trinajstić information content (AvgIpc) is 2.13. The summed E-state index contributed by atoms with van der Waals surface area (Å²) < 4.78 is 4.99. The van der Waals surface area contributed by atoms with Crippen LogP contribution in [-0.4, -0.2) is 26.6 Å². The van der Waals surface area contributed by atoms with Crippen LogP contribution in [0.5, 0.6) is 0 Å². The minimum absolute atomic E-state index is 0.0201. The Balaban J connectivity index is 2.96. The van der Waals surface area contributed by atoms with E-state index in [2.05, 4.69) is 15.3 Å². The molecule has 8 nitrogen and oxygen atoms in total. The Kier molecular flexibility index (Phi) is 3.96. The maximum absolute atomic E-state index is 11.5. The van der Waals surface area contributed by atoms with Gasteiger partial charge in [-0.15, -0.1) is 0 Å². The third-order valence-electron chi connectivity index (χ3n) is 1.61. The molecule has 18 heavy (non-hydrogen) atoms. The monoisotopic (exact) mass is 272 g/mol. The van der Waals surface area contributed by atoms with Crippen LogP contribution in [0.4, 0.5) is 16.3 Å². The van der Waals surface area contributed by atoms with Crippen LogP contribution in [-0.2, 0) is 4.74 Å². The van der Waals surface area contributed by atoms with E-state index in [0.29, 0.717) is 0 Å². The fourth-order valence-corrected chi connectivity index (χ4v) is 1.18. The normalized spacial score (nSPS) is 10.8. The fourth-order valence-electron chi connectivity index (χ4n) is 1.03. The summed E-state index contributed by atoms with van der Waals surface area (Å²) >= 11 is 4.73. The maximum atomic E-state index is 11.5. The quantitative estimate of drug-likeness (QED) is 0.486. The van der Waals surface area contributed by atoms with Gasteiger partial charge in [-0.05, 0) is 33.0 Å². The number of rotatable bonds is 2. The van der Waals surface area contributed by atoms with Crippen molar-refractivity contribution in [2.75, 3.05) is 5.32 Å². The first-order chi connectivity index (χ1) is 8.19. The minimum Gasteiger partial charge on any atom is -0.444 e. The zero-order valence-corrected chi connectivity index (χ0v) is 10.8. The maximum Gasteiger partial charge on any atom is 0.413 e. The highest BCUT2D eigenvalue weighted by Crippen LogP contribution is 2.20. The third-order valence-corrected chi connectivity index (χ3v) is 1.82. The number of amides is 1. The molecule has 98 valence electrons. The van der Waals surface area contributed by atoms with Gasteiger partial charge in [0.05, 0.1) is 4.92 Å². The van der Waals surface area contributed by atoms with E-state index in [1.54, 1.807) is 20.8 Å². The Hall–Kier alpha value is -2.03. The van der Waals surface area contributed by atoms with E-state index in [0.717, 1.165) is 6.20 Å². The molecule has 0 saturated carbocycles. The van der Waals surface area contributed by atoms with Crippen molar-refractivity contribution in [1.29, 1.82) is 0 Å². The van der Waals surface area contributed by atoms with Crippen LogP contribution in [0.3, 0.4) is 0 Å². The number of hydrogen-bond acceptors (Lipinski definition) is 6. The summed E-state index contributed by atoms with van der Waals surface area (Å²) in [6.07, 6.45) is 0.147. The Morgan fingerprint density at radius 3 is 2.72 bits per heavy atom. The van der Waals surface area contributed by atoms with Gasteiger partial charge in [-0.25, -0.2) is 9.78 Å². The molecule has 9 heteroatoms. The van der Waals surface area contributed by atoms with Crippen molar-refractivity contribution in [3.8, 4) is 0 Å². The van der Waals surface area contributed by atoms with Crippen LogP contribution >= 0.6 is 12.2 Å². The topological polar surface area (TPSA) is 110 Å². The van der Waals surface area contributed by atoms with Gasteiger partial charge in [-0.2, -0.15) is 0 Å². The molecule has 0 bridgehead atoms. The van der Waals surface area contributed by atoms with E-state index < -0.39 is 22.3 Å². The largest absolute Gasteiger partial charge is 0.444 e. The molecule has 1 heterocycles. The highest BCUT2D eigenvalue weighted by molar-refractivity contribution is 7.71. The highest BCUT2D eigenvalue weighted by Gasteiger charge is 2.21. The lowest BCUT2D eigenvalue weighted by Crippen LogP contribution is -2.27. The SMILES string of the molecule is CC(C)(C)OC(=O)Nc1[nH]c(=S)ncc1[N+](=O)[O-]. The molecule has 0 fully saturated rings. The number of aromatic nitrogens is 2. The lowest BCUT2D eigenvalue weighted by atomic mass is 10.2. The number of nitrogens with zero attached hydrogens (tertiary/aromatic N) is 2. The van der Waals surface area contributed by atoms with E-state index in [-0.39, 0.29) is 10.6 Å². The molecule has 0 spiro atoms. The van der Waals surface area contributed by atoms with Gasteiger partial charge in [0.15, 0.2) is 10.6 Å². The summed E-state index contributed by atoms with van der Waals surface area (Å²) in [5, 5.41) is 12.9. The highest BCUT2D eigenvalue weighted by atomic mass is 32.1. The van der Waals surface area contributed by atoms with Crippen LogP contribution in [0, 0.1) is 14.9 Å². The second-order valence-electron chi connectivity index (χ2n) is 4.33. The van der Waals surface area contributed by atoms with E-state index in [9.17, 15) is 14.9 Å². The Labute approximate surface area is 108 Å². The van der Waals surface area contributed by atoms with Crippen LogP contribution in [0.1, 0.15) is 20.8 Å². The van der Waals surface area contributed by atoms with Crippen molar-refractivity contribution >= 4 is 29.8 Å². The summed E-state index contributed by atoms with van der Waals surface area (Å²) in [5.74, 6) is -0.158. The smallest absolute Gasteiger partial charge is 0.413 e. The van der Waals surface area contributed by atoms with Crippen molar-refractivity contribution in [3.05, 3.63) is 21.1 Å². The van der Waals surface area contributed by atoms with Crippen molar-refractivity contribution in [1.82, 2.24) is 9.97 Å². The molecular formula is C9H12N4O4S. The van der Waals surface area contributed by atoms with Gasteiger partial charge in [0.1, 0.15) is 11.8 Å². The lowest BCUT2D eigenvalue weighted by molar-refractivity contribution is -0.384. The molecule has 0 saturated heterocycles. The summed E-state index contributed by atoms with van der Waals surface area (Å²) in [4.78, 5) is 27.5. The zero-order valence-electron chi connectivity index (χ0n) is 10.0. The number of carbonyl (C=O) groups is 1. The van der Waals surface area contributed by atoms with Crippen molar-refractivity contribution < 1.29 is 14.5 Å². The molecule has 0 atom stereocenters. The predicted molar refractivity (Wildman–Crippen MR) is 65.9 cm³/mol. The molecule has 0 aliphatic rings. The standard InChI is InChI=1S/C9H12N4O4S/c1-9(2,3)17-8(14)12-6-5(13(15)16)4-10-7(18)11-6/h4H,1-3H3,(H2,10,11,12,14,18). The number of nitrogens with one attached hydrogen (secondary N) is 2. The molecule has 0 unspecified atom stereocenters. The van der Waals surface area contributed by atoms with E-state index >= 15 is 0 Å². The molecule has 2 N–H and O–H groups in total. The second kappa shape index (κ2) is 5.08. The third kappa shape index (κ3) is 4.09. The molecule has 1 aromatic heterocycles. The number of anilines is 1. The lowest BCUT2D eigenvalue weighted by Gasteiger charge is -2.19. The van der Waals surface area contributed by atoms with Crippen molar-refractivity contribution in [3.63, 3.8) is 0 Å². The van der Waals surface area contributed by atoms with Crippen molar-refractivity contribution in [2.45, 2.75) is 26.4 Å². The number of hydrogen-bond donors (Lipinski definition) is 2. The number of nitro groups is 1. The first-order valence-corrected chi connectivity index (χ1v) is 5.33. The van der Waals surface area contributed by atoms with Gasteiger partial charge in [-0.1, -0.05) is 0 Å². The molecule has 0 aliphatic heterocycles. The summed E-state index contributed by atoms with van der Waals surface area (Å²) in [6.45, 7) is 5.03. The first-order valence-electron chi connectivity index (χ1n) is 4.93.